The van der Waals surface area contributed by atoms with E-state index in [-0.39, 0.29) is 0 Å². The lowest BCUT2D eigenvalue weighted by Gasteiger charge is -2.39. The molecule has 1 aliphatic carbocycles. The molecule has 1 spiro atoms. The summed E-state index contributed by atoms with van der Waals surface area (Å²) < 4.78 is 0. The van der Waals surface area contributed by atoms with Gasteiger partial charge in [-0.1, -0.05) is 19.3 Å². The molecule has 0 atom stereocenters. The van der Waals surface area contributed by atoms with Crippen molar-refractivity contribution in [2.75, 3.05) is 26.2 Å². The Kier molecular flexibility index (Phi) is 2.66. The van der Waals surface area contributed by atoms with Gasteiger partial charge in [0.25, 0.3) is 0 Å². The Morgan fingerprint density at radius 1 is 1.19 bits per heavy atom. The Bertz CT molecular complexity index is 280. The quantitative estimate of drug-likeness (QED) is 0.727. The Hall–Kier alpha value is -0.570. The molecule has 0 aromatic rings. The fourth-order valence-electron chi connectivity index (χ4n) is 3.50. The summed E-state index contributed by atoms with van der Waals surface area (Å²) in [6.07, 6.45) is 7.35. The number of carbonyl (C=O) groups is 1. The second kappa shape index (κ2) is 4.02. The second-order valence-corrected chi connectivity index (χ2v) is 5.95. The van der Waals surface area contributed by atoms with Crippen LogP contribution in [0.25, 0.3) is 0 Å². The molecule has 0 radical (unpaired) electrons. The monoisotopic (exact) mass is 222 g/mol. The van der Waals surface area contributed by atoms with Crippen LogP contribution in [-0.2, 0) is 4.79 Å². The lowest BCUT2D eigenvalue weighted by molar-refractivity contribution is -0.136. The van der Waals surface area contributed by atoms with E-state index in [0.717, 1.165) is 39.0 Å². The van der Waals surface area contributed by atoms with Crippen LogP contribution in [0.1, 0.15) is 38.5 Å². The first-order valence-electron chi connectivity index (χ1n) is 6.79. The van der Waals surface area contributed by atoms with Crippen LogP contribution in [0.5, 0.6) is 0 Å². The highest BCUT2D eigenvalue weighted by Crippen LogP contribution is 2.36. The van der Waals surface area contributed by atoms with Crippen LogP contribution in [0.2, 0.25) is 0 Å². The van der Waals surface area contributed by atoms with Gasteiger partial charge in [-0.2, -0.15) is 0 Å². The molecule has 0 aromatic heterocycles. The Morgan fingerprint density at radius 2 is 1.94 bits per heavy atom. The van der Waals surface area contributed by atoms with Crippen molar-refractivity contribution in [1.29, 1.82) is 0 Å². The van der Waals surface area contributed by atoms with Crippen molar-refractivity contribution in [2.45, 2.75) is 38.5 Å². The number of nitrogens with zero attached hydrogens (tertiary/aromatic N) is 1. The molecule has 3 aliphatic rings. The summed E-state index contributed by atoms with van der Waals surface area (Å²) in [5.74, 6) is 0.820. The molecule has 1 saturated carbocycles. The van der Waals surface area contributed by atoms with Gasteiger partial charge in [-0.25, -0.2) is 0 Å². The van der Waals surface area contributed by atoms with E-state index in [9.17, 15) is 4.79 Å². The minimum Gasteiger partial charge on any atom is -0.342 e. The van der Waals surface area contributed by atoms with Crippen molar-refractivity contribution in [3.8, 4) is 0 Å². The number of amides is 1. The van der Waals surface area contributed by atoms with Crippen LogP contribution in [0.4, 0.5) is 0 Å². The highest BCUT2D eigenvalue weighted by molar-refractivity contribution is 5.79. The summed E-state index contributed by atoms with van der Waals surface area (Å²) in [6, 6.07) is 0. The third-order valence-electron chi connectivity index (χ3n) is 4.70. The third-order valence-corrected chi connectivity index (χ3v) is 4.70. The van der Waals surface area contributed by atoms with Crippen LogP contribution < -0.4 is 5.32 Å². The van der Waals surface area contributed by atoms with Gasteiger partial charge in [-0.15, -0.1) is 0 Å². The standard InChI is InChI=1S/C13H22N2O/c16-12(11-4-2-1-3-5-11)15-7-6-13(10-15)8-14-9-13/h11,14H,1-10H2. The lowest BCUT2D eigenvalue weighted by atomic mass is 9.81. The third kappa shape index (κ3) is 1.75. The summed E-state index contributed by atoms with van der Waals surface area (Å²) in [5.41, 5.74) is 0.463. The molecular formula is C13H22N2O. The van der Waals surface area contributed by atoms with E-state index in [2.05, 4.69) is 10.2 Å². The molecule has 3 fully saturated rings. The Balaban J connectivity index is 1.58. The lowest BCUT2D eigenvalue weighted by Crippen LogP contribution is -2.55. The molecule has 2 aliphatic heterocycles. The van der Waals surface area contributed by atoms with Gasteiger partial charge in [0, 0.05) is 37.5 Å². The molecule has 2 saturated heterocycles. The predicted octanol–water partition coefficient (Wildman–Crippen LogP) is 1.39. The van der Waals surface area contributed by atoms with Gasteiger partial charge in [0.15, 0.2) is 0 Å². The smallest absolute Gasteiger partial charge is 0.225 e. The summed E-state index contributed by atoms with van der Waals surface area (Å²) in [7, 11) is 0. The topological polar surface area (TPSA) is 32.3 Å². The van der Waals surface area contributed by atoms with Crippen molar-refractivity contribution < 1.29 is 4.79 Å². The van der Waals surface area contributed by atoms with Gasteiger partial charge in [0.1, 0.15) is 0 Å². The molecule has 1 amide bonds. The first kappa shape index (κ1) is 10.6. The van der Waals surface area contributed by atoms with Crippen molar-refractivity contribution in [3.63, 3.8) is 0 Å². The molecule has 1 N–H and O–H groups in total. The van der Waals surface area contributed by atoms with Gasteiger partial charge in [-0.05, 0) is 19.3 Å². The van der Waals surface area contributed by atoms with Crippen LogP contribution in [0.3, 0.4) is 0 Å². The maximum atomic E-state index is 12.3. The zero-order valence-electron chi connectivity index (χ0n) is 10.0. The highest BCUT2D eigenvalue weighted by Gasteiger charge is 2.45. The minimum atomic E-state index is 0.358. The summed E-state index contributed by atoms with van der Waals surface area (Å²) in [4.78, 5) is 14.5. The first-order valence-corrected chi connectivity index (χ1v) is 6.79. The van der Waals surface area contributed by atoms with E-state index in [1.807, 2.05) is 0 Å². The summed E-state index contributed by atoms with van der Waals surface area (Å²) >= 11 is 0. The van der Waals surface area contributed by atoms with Crippen molar-refractivity contribution >= 4 is 5.91 Å². The zero-order chi connectivity index (χ0) is 11.0. The molecule has 0 unspecified atom stereocenters. The second-order valence-electron chi connectivity index (χ2n) is 5.95. The fraction of sp³-hybridized carbons (Fsp3) is 0.923. The SMILES string of the molecule is O=C(C1CCCCC1)N1CCC2(CNC2)C1. The van der Waals surface area contributed by atoms with E-state index in [0.29, 0.717) is 17.2 Å². The average molecular weight is 222 g/mol. The van der Waals surface area contributed by atoms with E-state index >= 15 is 0 Å². The number of hydrogen-bond acceptors (Lipinski definition) is 2. The highest BCUT2D eigenvalue weighted by atomic mass is 16.2. The molecule has 16 heavy (non-hydrogen) atoms. The van der Waals surface area contributed by atoms with Gasteiger partial charge >= 0.3 is 0 Å². The van der Waals surface area contributed by atoms with Gasteiger partial charge in [0.05, 0.1) is 0 Å². The first-order chi connectivity index (χ1) is 7.79. The van der Waals surface area contributed by atoms with Crippen LogP contribution in [-0.4, -0.2) is 37.0 Å². The molecule has 3 nitrogen and oxygen atoms in total. The number of likely N-dealkylation sites (tertiary alicyclic amines) is 1. The Morgan fingerprint density at radius 3 is 2.50 bits per heavy atom. The van der Waals surface area contributed by atoms with E-state index in [4.69, 9.17) is 0 Å². The molecule has 0 bridgehead atoms. The normalized spacial score (nSPS) is 29.4. The number of carbonyl (C=O) groups excluding carboxylic acids is 1. The van der Waals surface area contributed by atoms with Crippen molar-refractivity contribution in [1.82, 2.24) is 10.2 Å². The van der Waals surface area contributed by atoms with Gasteiger partial charge < -0.3 is 10.2 Å². The number of hydrogen-bond donors (Lipinski definition) is 1. The van der Waals surface area contributed by atoms with Gasteiger partial charge in [-0.3, -0.25) is 4.79 Å². The largest absolute Gasteiger partial charge is 0.342 e. The molecular weight excluding hydrogens is 200 g/mol. The summed E-state index contributed by atoms with van der Waals surface area (Å²) in [5, 5.41) is 3.34. The maximum Gasteiger partial charge on any atom is 0.225 e. The van der Waals surface area contributed by atoms with Gasteiger partial charge in [0.2, 0.25) is 5.91 Å². The average Bonchev–Trinajstić information content (AvgIpc) is 2.74. The number of nitrogens with one attached hydrogen (secondary N) is 1. The van der Waals surface area contributed by atoms with Crippen molar-refractivity contribution in [2.24, 2.45) is 11.3 Å². The molecule has 3 rings (SSSR count). The predicted molar refractivity (Wildman–Crippen MR) is 63.1 cm³/mol. The fourth-order valence-corrected chi connectivity index (χ4v) is 3.50. The van der Waals surface area contributed by atoms with E-state index < -0.39 is 0 Å². The minimum absolute atomic E-state index is 0.358. The van der Waals surface area contributed by atoms with Crippen LogP contribution in [0.15, 0.2) is 0 Å². The number of rotatable bonds is 1. The zero-order valence-corrected chi connectivity index (χ0v) is 10.0. The van der Waals surface area contributed by atoms with Crippen LogP contribution >= 0.6 is 0 Å². The molecule has 2 heterocycles. The molecule has 3 heteroatoms. The Labute approximate surface area is 97.6 Å². The van der Waals surface area contributed by atoms with E-state index in [1.165, 1.54) is 25.7 Å². The van der Waals surface area contributed by atoms with E-state index in [1.54, 1.807) is 0 Å². The molecule has 0 aromatic carbocycles. The molecule has 90 valence electrons. The van der Waals surface area contributed by atoms with Crippen LogP contribution in [0, 0.1) is 11.3 Å². The summed E-state index contributed by atoms with van der Waals surface area (Å²) in [6.45, 7) is 4.29. The van der Waals surface area contributed by atoms with Crippen molar-refractivity contribution in [3.05, 3.63) is 0 Å². The maximum absolute atomic E-state index is 12.3.